The second-order valence-electron chi connectivity index (χ2n) is 5.20. The lowest BCUT2D eigenvalue weighted by Gasteiger charge is -2.26. The van der Waals surface area contributed by atoms with E-state index in [2.05, 4.69) is 5.32 Å². The zero-order valence-electron chi connectivity index (χ0n) is 12.6. The van der Waals surface area contributed by atoms with E-state index in [4.69, 9.17) is 9.47 Å². The van der Waals surface area contributed by atoms with Crippen LogP contribution in [0, 0.1) is 5.82 Å². The summed E-state index contributed by atoms with van der Waals surface area (Å²) in [5, 5.41) is 13.3. The van der Waals surface area contributed by atoms with Gasteiger partial charge in [0.15, 0.2) is 0 Å². The maximum Gasteiger partial charge on any atom is 0.131 e. The fourth-order valence-electron chi connectivity index (χ4n) is 2.00. The van der Waals surface area contributed by atoms with Crippen molar-refractivity contribution in [2.75, 3.05) is 27.4 Å². The van der Waals surface area contributed by atoms with Crippen LogP contribution in [0.25, 0.3) is 0 Å². The Kier molecular flexibility index (Phi) is 6.39. The van der Waals surface area contributed by atoms with E-state index in [9.17, 15) is 9.50 Å². The lowest BCUT2D eigenvalue weighted by Crippen LogP contribution is -2.40. The molecule has 0 amide bonds. The van der Waals surface area contributed by atoms with Crippen LogP contribution < -0.4 is 10.1 Å². The van der Waals surface area contributed by atoms with Gasteiger partial charge >= 0.3 is 0 Å². The zero-order valence-corrected chi connectivity index (χ0v) is 12.6. The van der Waals surface area contributed by atoms with Gasteiger partial charge in [-0.2, -0.15) is 0 Å². The van der Waals surface area contributed by atoms with Crippen molar-refractivity contribution in [1.82, 2.24) is 5.32 Å². The van der Waals surface area contributed by atoms with E-state index in [1.807, 2.05) is 6.92 Å². The van der Waals surface area contributed by atoms with Gasteiger partial charge in [0.2, 0.25) is 0 Å². The first-order valence-corrected chi connectivity index (χ1v) is 6.68. The van der Waals surface area contributed by atoms with Gasteiger partial charge in [0.25, 0.3) is 0 Å². The van der Waals surface area contributed by atoms with Crippen LogP contribution >= 0.6 is 0 Å². The molecule has 0 fully saturated rings. The average molecular weight is 285 g/mol. The Morgan fingerprint density at radius 3 is 2.70 bits per heavy atom. The predicted molar refractivity (Wildman–Crippen MR) is 76.5 cm³/mol. The minimum absolute atomic E-state index is 0.264. The van der Waals surface area contributed by atoms with Gasteiger partial charge in [-0.25, -0.2) is 4.39 Å². The molecule has 114 valence electrons. The maximum atomic E-state index is 13.9. The summed E-state index contributed by atoms with van der Waals surface area (Å²) in [5.74, 6) is 0.183. The van der Waals surface area contributed by atoms with Crippen molar-refractivity contribution in [2.45, 2.75) is 31.9 Å². The molecule has 5 heteroatoms. The maximum absolute atomic E-state index is 13.9. The highest BCUT2D eigenvalue weighted by Crippen LogP contribution is 2.27. The molecular formula is C15H24FNO3. The van der Waals surface area contributed by atoms with Crippen molar-refractivity contribution in [3.63, 3.8) is 0 Å². The fraction of sp³-hybridized carbons (Fsp3) is 0.600. The highest BCUT2D eigenvalue weighted by atomic mass is 19.1. The van der Waals surface area contributed by atoms with Crippen LogP contribution in [0.3, 0.4) is 0 Å². The van der Waals surface area contributed by atoms with E-state index in [1.165, 1.54) is 13.2 Å². The van der Waals surface area contributed by atoms with E-state index >= 15 is 0 Å². The third-order valence-electron chi connectivity index (χ3n) is 3.30. The Labute approximate surface area is 119 Å². The molecule has 0 aliphatic carbocycles. The lowest BCUT2D eigenvalue weighted by atomic mass is 10.0. The molecule has 1 aromatic carbocycles. The Morgan fingerprint density at radius 1 is 1.40 bits per heavy atom. The summed E-state index contributed by atoms with van der Waals surface area (Å²) < 4.78 is 24.0. The monoisotopic (exact) mass is 285 g/mol. The van der Waals surface area contributed by atoms with Crippen LogP contribution in [-0.2, 0) is 4.74 Å². The van der Waals surface area contributed by atoms with Gasteiger partial charge in [0.1, 0.15) is 11.6 Å². The van der Waals surface area contributed by atoms with Crippen LogP contribution in [0.4, 0.5) is 4.39 Å². The summed E-state index contributed by atoms with van der Waals surface area (Å²) in [6, 6.07) is 4.47. The first kappa shape index (κ1) is 16.9. The predicted octanol–water partition coefficient (Wildman–Crippen LogP) is 2.27. The molecule has 1 rings (SSSR count). The van der Waals surface area contributed by atoms with Crippen molar-refractivity contribution in [1.29, 1.82) is 0 Å². The molecule has 4 nitrogen and oxygen atoms in total. The molecule has 0 bridgehead atoms. The fourth-order valence-corrected chi connectivity index (χ4v) is 2.00. The van der Waals surface area contributed by atoms with Gasteiger partial charge in [-0.1, -0.05) is 6.07 Å². The van der Waals surface area contributed by atoms with Crippen molar-refractivity contribution in [3.05, 3.63) is 29.6 Å². The van der Waals surface area contributed by atoms with Crippen molar-refractivity contribution < 1.29 is 19.0 Å². The summed E-state index contributed by atoms with van der Waals surface area (Å²) in [6.45, 7) is 4.39. The van der Waals surface area contributed by atoms with E-state index in [1.54, 1.807) is 26.2 Å². The molecule has 2 N–H and O–H groups in total. The molecule has 0 radical (unpaired) electrons. The Morgan fingerprint density at radius 2 is 2.10 bits per heavy atom. The minimum atomic E-state index is -0.900. The minimum Gasteiger partial charge on any atom is -0.496 e. The Hall–Kier alpha value is -1.17. The number of halogens is 1. The lowest BCUT2D eigenvalue weighted by molar-refractivity contribution is 0.0230. The highest BCUT2D eigenvalue weighted by Gasteiger charge is 2.23. The number of hydrogen-bond donors (Lipinski definition) is 2. The van der Waals surface area contributed by atoms with Crippen molar-refractivity contribution in [2.24, 2.45) is 0 Å². The summed E-state index contributed by atoms with van der Waals surface area (Å²) in [4.78, 5) is 0. The Bertz CT molecular complexity index is 424. The van der Waals surface area contributed by atoms with E-state index in [0.29, 0.717) is 30.9 Å². The Balaban J connectivity index is 2.70. The molecule has 1 aromatic rings. The van der Waals surface area contributed by atoms with Gasteiger partial charge < -0.3 is 19.9 Å². The van der Waals surface area contributed by atoms with Crippen LogP contribution in [0.2, 0.25) is 0 Å². The molecule has 0 saturated carbocycles. The topological polar surface area (TPSA) is 50.7 Å². The first-order chi connectivity index (χ1) is 9.41. The summed E-state index contributed by atoms with van der Waals surface area (Å²) in [7, 11) is 3.11. The van der Waals surface area contributed by atoms with Crippen LogP contribution in [0.5, 0.6) is 5.75 Å². The highest BCUT2D eigenvalue weighted by molar-refractivity contribution is 5.36. The molecule has 0 aromatic heterocycles. The van der Waals surface area contributed by atoms with Gasteiger partial charge in [0.05, 0.1) is 12.7 Å². The SMILES string of the molecule is COCCC(C)(O)CNC(C)c1c(F)cccc1OC. The third-order valence-corrected chi connectivity index (χ3v) is 3.30. The number of nitrogens with one attached hydrogen (secondary N) is 1. The number of benzene rings is 1. The van der Waals surface area contributed by atoms with Crippen molar-refractivity contribution >= 4 is 0 Å². The third kappa shape index (κ3) is 4.74. The second kappa shape index (κ2) is 7.57. The number of ether oxygens (including phenoxy) is 2. The molecule has 2 unspecified atom stereocenters. The smallest absolute Gasteiger partial charge is 0.131 e. The molecule has 2 atom stereocenters. The average Bonchev–Trinajstić information content (AvgIpc) is 2.42. The summed E-state index contributed by atoms with van der Waals surface area (Å²) in [5.41, 5.74) is -0.430. The molecule has 0 spiro atoms. The molecule has 0 aliphatic heterocycles. The number of methoxy groups -OCH3 is 2. The molecule has 0 heterocycles. The number of aliphatic hydroxyl groups is 1. The summed E-state index contributed by atoms with van der Waals surface area (Å²) >= 11 is 0. The summed E-state index contributed by atoms with van der Waals surface area (Å²) in [6.07, 6.45) is 0.512. The standard InChI is InChI=1S/C15H24FNO3/c1-11(17-10-15(2,18)8-9-19-3)14-12(16)6-5-7-13(14)20-4/h5-7,11,17-18H,8-10H2,1-4H3. The van der Waals surface area contributed by atoms with Gasteiger partial charge in [-0.15, -0.1) is 0 Å². The first-order valence-electron chi connectivity index (χ1n) is 6.68. The van der Waals surface area contributed by atoms with Gasteiger partial charge in [-0.3, -0.25) is 0 Å². The number of rotatable bonds is 8. The van der Waals surface area contributed by atoms with E-state index in [0.717, 1.165) is 0 Å². The van der Waals surface area contributed by atoms with Gasteiger partial charge in [-0.05, 0) is 26.0 Å². The quantitative estimate of drug-likeness (QED) is 0.769. The van der Waals surface area contributed by atoms with Gasteiger partial charge in [0, 0.05) is 38.3 Å². The van der Waals surface area contributed by atoms with Crippen LogP contribution in [0.1, 0.15) is 31.9 Å². The second-order valence-corrected chi connectivity index (χ2v) is 5.20. The largest absolute Gasteiger partial charge is 0.496 e. The van der Waals surface area contributed by atoms with Crippen LogP contribution in [-0.4, -0.2) is 38.1 Å². The zero-order chi connectivity index (χ0) is 15.2. The molecular weight excluding hydrogens is 261 g/mol. The molecule has 0 saturated heterocycles. The number of hydrogen-bond acceptors (Lipinski definition) is 4. The normalized spacial score (nSPS) is 15.7. The molecule has 20 heavy (non-hydrogen) atoms. The van der Waals surface area contributed by atoms with E-state index in [-0.39, 0.29) is 11.9 Å². The molecule has 0 aliphatic rings. The van der Waals surface area contributed by atoms with Crippen molar-refractivity contribution in [3.8, 4) is 5.75 Å². The van der Waals surface area contributed by atoms with E-state index < -0.39 is 5.60 Å². The van der Waals surface area contributed by atoms with Crippen LogP contribution in [0.15, 0.2) is 18.2 Å².